The number of esters is 1. The van der Waals surface area contributed by atoms with Crippen LogP contribution in [0.15, 0.2) is 30.3 Å². The van der Waals surface area contributed by atoms with Crippen molar-refractivity contribution in [2.24, 2.45) is 53.3 Å². The van der Waals surface area contributed by atoms with Gasteiger partial charge in [0.05, 0.1) is 0 Å². The van der Waals surface area contributed by atoms with Gasteiger partial charge in [0.15, 0.2) is 0 Å². The fourth-order valence-corrected chi connectivity index (χ4v) is 12.8. The van der Waals surface area contributed by atoms with Gasteiger partial charge in [-0.05, 0) is 182 Å². The predicted octanol–water partition coefficient (Wildman–Crippen LogP) is 8.08. The van der Waals surface area contributed by atoms with Crippen LogP contribution in [0.2, 0.25) is 0 Å². The molecule has 372 valence electrons. The average molecular weight is 934 g/mol. The second kappa shape index (κ2) is 23.2. The van der Waals surface area contributed by atoms with E-state index in [4.69, 9.17) is 18.9 Å². The van der Waals surface area contributed by atoms with Crippen molar-refractivity contribution in [1.29, 1.82) is 0 Å². The van der Waals surface area contributed by atoms with E-state index in [1.807, 2.05) is 44.2 Å². The lowest BCUT2D eigenvalue weighted by Gasteiger charge is -2.53. The molecule has 0 saturated heterocycles. The Labute approximate surface area is 397 Å². The highest BCUT2D eigenvalue weighted by Crippen LogP contribution is 2.55. The number of carbonyl (C=O) groups is 6. The summed E-state index contributed by atoms with van der Waals surface area (Å²) in [5, 5.41) is 14.3. The van der Waals surface area contributed by atoms with Gasteiger partial charge in [0.2, 0.25) is 11.8 Å². The van der Waals surface area contributed by atoms with Crippen LogP contribution < -0.4 is 26.6 Å². The molecule has 8 bridgehead atoms. The van der Waals surface area contributed by atoms with E-state index in [2.05, 4.69) is 26.6 Å². The standard InChI is InChI=1S/C52H79N5O10/c1-6-31(2)43(57-46(58)41(56-51(63)67-52(3,4)5)16-10-12-18-53-49(61)65-44-37-22-33-20-34(24-37)25-38(44)23-33)47(59)55-42(48(60)64-30-32-14-8-7-9-15-32)17-11-13-19-54-50(62)66-45-39-26-35-21-36(28-39)29-40(45)27-35/h7-9,14-15,31,33-45H,6,10-13,16-30H2,1-5H3,(H,53,61)(H,54,62)(H,55,59)(H,56,63)(H,57,58)/t31-,33?,34?,35?,36?,37?,38?,39?,40?,41-,42-,43-,44?,45?/m0/s1. The number of rotatable bonds is 22. The molecule has 8 aliphatic carbocycles. The minimum atomic E-state index is -1.05. The van der Waals surface area contributed by atoms with Gasteiger partial charge in [-0.3, -0.25) is 9.59 Å². The molecule has 0 unspecified atom stereocenters. The smallest absolute Gasteiger partial charge is 0.408 e. The summed E-state index contributed by atoms with van der Waals surface area (Å²) in [6, 6.07) is 6.14. The van der Waals surface area contributed by atoms with Gasteiger partial charge in [-0.25, -0.2) is 19.2 Å². The van der Waals surface area contributed by atoms with Gasteiger partial charge in [0.25, 0.3) is 0 Å². The summed E-state index contributed by atoms with van der Waals surface area (Å²) in [6.07, 6.45) is 13.3. The Morgan fingerprint density at radius 2 is 1.07 bits per heavy atom. The quantitative estimate of drug-likeness (QED) is 0.0430. The SMILES string of the molecule is CC[C@H](C)[C@H](NC(=O)[C@H](CCCCNC(=O)OC1C2CC3CC(C2)CC1C3)NC(=O)OC(C)(C)C)C(=O)N[C@@H](CCCCNC(=O)OC1C2CC3CC(C2)CC1C3)C(=O)OCc1ccccc1. The van der Waals surface area contributed by atoms with Crippen LogP contribution in [-0.2, 0) is 39.9 Å². The van der Waals surface area contributed by atoms with Gasteiger partial charge in [-0.15, -0.1) is 0 Å². The highest BCUT2D eigenvalue weighted by Gasteiger charge is 2.51. The van der Waals surface area contributed by atoms with E-state index < -0.39 is 59.8 Å². The first-order chi connectivity index (χ1) is 32.1. The van der Waals surface area contributed by atoms with Crippen molar-refractivity contribution < 1.29 is 47.7 Å². The molecule has 5 amide bonds. The molecule has 67 heavy (non-hydrogen) atoms. The van der Waals surface area contributed by atoms with Crippen LogP contribution in [0.1, 0.15) is 149 Å². The van der Waals surface area contributed by atoms with E-state index >= 15 is 0 Å². The molecule has 8 aliphatic rings. The molecular formula is C52H79N5O10. The van der Waals surface area contributed by atoms with E-state index in [1.165, 1.54) is 12.8 Å². The van der Waals surface area contributed by atoms with Crippen molar-refractivity contribution in [3.8, 4) is 0 Å². The normalized spacial score (nSPS) is 29.4. The topological polar surface area (TPSA) is 199 Å². The molecule has 5 N–H and O–H groups in total. The summed E-state index contributed by atoms with van der Waals surface area (Å²) in [6.45, 7) is 9.65. The first-order valence-corrected chi connectivity index (χ1v) is 25.8. The van der Waals surface area contributed by atoms with Gasteiger partial charge < -0.3 is 45.5 Å². The van der Waals surface area contributed by atoms with Gasteiger partial charge >= 0.3 is 24.2 Å². The number of carbonyl (C=O) groups excluding carboxylic acids is 6. The molecule has 8 saturated carbocycles. The number of unbranched alkanes of at least 4 members (excludes halogenated alkanes) is 2. The molecule has 0 spiro atoms. The van der Waals surface area contributed by atoms with Crippen LogP contribution in [0.3, 0.4) is 0 Å². The van der Waals surface area contributed by atoms with Crippen LogP contribution in [0, 0.1) is 53.3 Å². The number of alkyl carbamates (subject to hydrolysis) is 3. The maximum absolute atomic E-state index is 14.2. The average Bonchev–Trinajstić information content (AvgIpc) is 3.27. The molecule has 0 heterocycles. The number of hydrogen-bond acceptors (Lipinski definition) is 10. The molecule has 1 aromatic rings. The third kappa shape index (κ3) is 14.2. The van der Waals surface area contributed by atoms with Crippen molar-refractivity contribution in [2.45, 2.75) is 186 Å². The van der Waals surface area contributed by atoms with Crippen molar-refractivity contribution in [1.82, 2.24) is 26.6 Å². The van der Waals surface area contributed by atoms with Crippen molar-refractivity contribution in [3.05, 3.63) is 35.9 Å². The van der Waals surface area contributed by atoms with Crippen LogP contribution in [0.4, 0.5) is 14.4 Å². The summed E-state index contributed by atoms with van der Waals surface area (Å²) in [5.41, 5.74) is -0.0201. The summed E-state index contributed by atoms with van der Waals surface area (Å²) in [5.74, 6) is 2.90. The molecule has 15 nitrogen and oxygen atoms in total. The zero-order valence-electron chi connectivity index (χ0n) is 40.7. The van der Waals surface area contributed by atoms with E-state index in [0.29, 0.717) is 68.9 Å². The van der Waals surface area contributed by atoms with E-state index in [-0.39, 0.29) is 37.6 Å². The first-order valence-electron chi connectivity index (χ1n) is 25.8. The largest absolute Gasteiger partial charge is 0.459 e. The summed E-state index contributed by atoms with van der Waals surface area (Å²) < 4.78 is 23.2. The Morgan fingerprint density at radius 3 is 1.54 bits per heavy atom. The van der Waals surface area contributed by atoms with Crippen molar-refractivity contribution >= 4 is 36.1 Å². The zero-order valence-corrected chi connectivity index (χ0v) is 40.7. The van der Waals surface area contributed by atoms with Crippen LogP contribution in [-0.4, -0.2) is 85.1 Å². The molecular weight excluding hydrogens is 855 g/mol. The minimum Gasteiger partial charge on any atom is -0.459 e. The second-order valence-electron chi connectivity index (χ2n) is 22.2. The van der Waals surface area contributed by atoms with Gasteiger partial charge in [-0.2, -0.15) is 0 Å². The molecule has 0 aliphatic heterocycles. The molecule has 0 aromatic heterocycles. The van der Waals surface area contributed by atoms with Gasteiger partial charge in [0, 0.05) is 13.1 Å². The molecule has 9 rings (SSSR count). The lowest BCUT2D eigenvalue weighted by atomic mass is 9.55. The molecule has 15 heteroatoms. The summed E-state index contributed by atoms with van der Waals surface area (Å²) in [4.78, 5) is 80.7. The van der Waals surface area contributed by atoms with E-state index in [9.17, 15) is 28.8 Å². The van der Waals surface area contributed by atoms with Crippen LogP contribution >= 0.6 is 0 Å². The first kappa shape index (κ1) is 50.3. The summed E-state index contributed by atoms with van der Waals surface area (Å²) in [7, 11) is 0. The Bertz CT molecular complexity index is 1800. The predicted molar refractivity (Wildman–Crippen MR) is 251 cm³/mol. The maximum atomic E-state index is 14.2. The lowest BCUT2D eigenvalue weighted by molar-refractivity contribution is -0.149. The monoisotopic (exact) mass is 934 g/mol. The fraction of sp³-hybridized carbons (Fsp3) is 0.769. The molecule has 8 fully saturated rings. The third-order valence-corrected chi connectivity index (χ3v) is 15.8. The Balaban J connectivity index is 0.910. The number of hydrogen-bond donors (Lipinski definition) is 5. The molecule has 0 radical (unpaired) electrons. The number of benzene rings is 1. The maximum Gasteiger partial charge on any atom is 0.408 e. The second-order valence-corrected chi connectivity index (χ2v) is 22.2. The number of nitrogens with one attached hydrogen (secondary N) is 5. The van der Waals surface area contributed by atoms with Gasteiger partial charge in [-0.1, -0.05) is 50.6 Å². The highest BCUT2D eigenvalue weighted by molar-refractivity contribution is 5.93. The minimum absolute atomic E-state index is 0.00982. The van der Waals surface area contributed by atoms with E-state index in [0.717, 1.165) is 80.6 Å². The Hall–Kier alpha value is -4.56. The highest BCUT2D eigenvalue weighted by atomic mass is 16.6. The van der Waals surface area contributed by atoms with Crippen molar-refractivity contribution in [3.63, 3.8) is 0 Å². The lowest BCUT2D eigenvalue weighted by Crippen LogP contribution is -2.58. The number of ether oxygens (including phenoxy) is 4. The Morgan fingerprint density at radius 1 is 0.597 bits per heavy atom. The van der Waals surface area contributed by atoms with Crippen LogP contribution in [0.5, 0.6) is 0 Å². The molecule has 1 aromatic carbocycles. The fourth-order valence-electron chi connectivity index (χ4n) is 12.8. The van der Waals surface area contributed by atoms with E-state index in [1.54, 1.807) is 20.8 Å². The van der Waals surface area contributed by atoms with Gasteiger partial charge in [0.1, 0.15) is 42.5 Å². The number of amides is 5. The summed E-state index contributed by atoms with van der Waals surface area (Å²) >= 11 is 0. The van der Waals surface area contributed by atoms with Crippen molar-refractivity contribution in [2.75, 3.05) is 13.1 Å². The molecule has 4 atom stereocenters. The zero-order chi connectivity index (χ0) is 47.7. The Kier molecular flexibility index (Phi) is 17.4. The third-order valence-electron chi connectivity index (χ3n) is 15.8. The van der Waals surface area contributed by atoms with Crippen LogP contribution in [0.25, 0.3) is 0 Å².